The van der Waals surface area contributed by atoms with Gasteiger partial charge in [-0.2, -0.15) is 0 Å². The van der Waals surface area contributed by atoms with Crippen LogP contribution in [0.5, 0.6) is 0 Å². The summed E-state index contributed by atoms with van der Waals surface area (Å²) in [4.78, 5) is 42.4. The van der Waals surface area contributed by atoms with E-state index in [0.717, 1.165) is 22.2 Å². The van der Waals surface area contributed by atoms with Crippen molar-refractivity contribution in [3.05, 3.63) is 83.0 Å². The maximum atomic E-state index is 13.8. The van der Waals surface area contributed by atoms with Crippen molar-refractivity contribution in [1.82, 2.24) is 15.2 Å². The molecule has 1 aliphatic heterocycles. The van der Waals surface area contributed by atoms with Crippen LogP contribution in [0.15, 0.2) is 70.1 Å². The van der Waals surface area contributed by atoms with Crippen LogP contribution in [0.1, 0.15) is 17.9 Å². The van der Waals surface area contributed by atoms with E-state index in [4.69, 9.17) is 4.42 Å². The highest BCUT2D eigenvalue weighted by Gasteiger charge is 2.34. The summed E-state index contributed by atoms with van der Waals surface area (Å²) in [7, 11) is 0. The third kappa shape index (κ3) is 5.56. The fourth-order valence-corrected chi connectivity index (χ4v) is 4.09. The minimum atomic E-state index is -0.413. The molecule has 0 unspecified atom stereocenters. The molecule has 1 aromatic heterocycles. The predicted octanol–water partition coefficient (Wildman–Crippen LogP) is 4.27. The summed E-state index contributed by atoms with van der Waals surface area (Å²) in [5.74, 6) is -0.438. The Morgan fingerprint density at radius 3 is 2.67 bits per heavy atom. The van der Waals surface area contributed by atoms with E-state index in [2.05, 4.69) is 10.3 Å². The van der Waals surface area contributed by atoms with Gasteiger partial charge in [0.15, 0.2) is 11.7 Å². The van der Waals surface area contributed by atoms with E-state index < -0.39 is 5.82 Å². The fourth-order valence-electron chi connectivity index (χ4n) is 3.22. The number of hydrogen-bond acceptors (Lipinski definition) is 6. The van der Waals surface area contributed by atoms with E-state index in [1.54, 1.807) is 24.3 Å². The van der Waals surface area contributed by atoms with E-state index in [-0.39, 0.29) is 43.0 Å². The largest absolute Gasteiger partial charge is 0.441 e. The molecule has 1 saturated heterocycles. The number of halogens is 1. The second-order valence-corrected chi connectivity index (χ2v) is 8.19. The molecule has 33 heavy (non-hydrogen) atoms. The molecular weight excluding hydrogens is 445 g/mol. The standard InChI is InChI=1S/C24H20FN3O4S/c25-18-9-5-4-8-17(18)19-15-27-22(32-19)11-10-21(29)26-12-13-28-23(30)20(33-24(28)31)14-16-6-2-1-3-7-16/h1-9,14-15H,10-13H2,(H,26,29). The third-order valence-corrected chi connectivity index (χ3v) is 5.79. The molecule has 4 rings (SSSR count). The van der Waals surface area contributed by atoms with Crippen LogP contribution in [0.3, 0.4) is 0 Å². The van der Waals surface area contributed by atoms with E-state index >= 15 is 0 Å². The Morgan fingerprint density at radius 1 is 1.12 bits per heavy atom. The lowest BCUT2D eigenvalue weighted by Crippen LogP contribution is -2.37. The van der Waals surface area contributed by atoms with Crippen LogP contribution in [-0.2, 0) is 16.0 Å². The Kier molecular flexibility index (Phi) is 6.99. The van der Waals surface area contributed by atoms with Gasteiger partial charge in [-0.15, -0.1) is 0 Å². The number of aryl methyl sites for hydroxylation is 1. The van der Waals surface area contributed by atoms with E-state index in [0.29, 0.717) is 22.1 Å². The lowest BCUT2D eigenvalue weighted by Gasteiger charge is -2.12. The fraction of sp³-hybridized carbons (Fsp3) is 0.167. The number of amides is 3. The van der Waals surface area contributed by atoms with E-state index in [1.165, 1.54) is 12.3 Å². The molecule has 2 aromatic carbocycles. The quantitative estimate of drug-likeness (QED) is 0.500. The lowest BCUT2D eigenvalue weighted by atomic mass is 10.2. The summed E-state index contributed by atoms with van der Waals surface area (Å²) in [5.41, 5.74) is 1.14. The molecule has 0 bridgehead atoms. The maximum Gasteiger partial charge on any atom is 0.293 e. The third-order valence-electron chi connectivity index (χ3n) is 4.89. The first-order valence-electron chi connectivity index (χ1n) is 10.3. The van der Waals surface area contributed by atoms with Gasteiger partial charge >= 0.3 is 0 Å². The van der Waals surface area contributed by atoms with Crippen molar-refractivity contribution in [2.45, 2.75) is 12.8 Å². The molecule has 9 heteroatoms. The van der Waals surface area contributed by atoms with Crippen molar-refractivity contribution in [2.75, 3.05) is 13.1 Å². The van der Waals surface area contributed by atoms with Crippen molar-refractivity contribution in [1.29, 1.82) is 0 Å². The zero-order valence-corrected chi connectivity index (χ0v) is 18.3. The molecule has 3 aromatic rings. The molecule has 0 atom stereocenters. The molecule has 0 radical (unpaired) electrons. The summed E-state index contributed by atoms with van der Waals surface area (Å²) in [5, 5.41) is 2.33. The first-order valence-corrected chi connectivity index (χ1v) is 11.1. The molecule has 168 valence electrons. The highest BCUT2D eigenvalue weighted by atomic mass is 32.2. The SMILES string of the molecule is O=C(CCc1ncc(-c2ccccc2F)o1)NCCN1C(=O)SC(=Cc2ccccc2)C1=O. The van der Waals surface area contributed by atoms with Crippen molar-refractivity contribution in [3.63, 3.8) is 0 Å². The first-order chi connectivity index (χ1) is 16.0. The molecule has 0 aliphatic carbocycles. The van der Waals surface area contributed by atoms with Crippen LogP contribution in [-0.4, -0.2) is 40.0 Å². The van der Waals surface area contributed by atoms with Gasteiger partial charge in [0.2, 0.25) is 5.91 Å². The molecule has 1 aliphatic rings. The van der Waals surface area contributed by atoms with Crippen LogP contribution < -0.4 is 5.32 Å². The van der Waals surface area contributed by atoms with Gasteiger partial charge < -0.3 is 9.73 Å². The molecule has 0 spiro atoms. The van der Waals surface area contributed by atoms with Crippen LogP contribution in [0.25, 0.3) is 17.4 Å². The molecular formula is C24H20FN3O4S. The van der Waals surface area contributed by atoms with Gasteiger partial charge in [-0.25, -0.2) is 9.37 Å². The lowest BCUT2D eigenvalue weighted by molar-refractivity contribution is -0.124. The molecule has 0 saturated carbocycles. The summed E-state index contributed by atoms with van der Waals surface area (Å²) in [6.45, 7) is 0.223. The maximum absolute atomic E-state index is 13.8. The average molecular weight is 466 g/mol. The predicted molar refractivity (Wildman–Crippen MR) is 122 cm³/mol. The van der Waals surface area contributed by atoms with Crippen molar-refractivity contribution >= 4 is 34.9 Å². The number of thioether (sulfide) groups is 1. The van der Waals surface area contributed by atoms with Gasteiger partial charge in [0.1, 0.15) is 5.82 Å². The number of benzene rings is 2. The highest BCUT2D eigenvalue weighted by Crippen LogP contribution is 2.31. The summed E-state index contributed by atoms with van der Waals surface area (Å²) >= 11 is 0.883. The number of rotatable bonds is 8. The molecule has 2 heterocycles. The van der Waals surface area contributed by atoms with Crippen LogP contribution in [0.2, 0.25) is 0 Å². The highest BCUT2D eigenvalue weighted by molar-refractivity contribution is 8.18. The van der Waals surface area contributed by atoms with Crippen LogP contribution in [0.4, 0.5) is 9.18 Å². The number of carbonyl (C=O) groups is 3. The Labute approximate surface area is 193 Å². The molecule has 1 fully saturated rings. The van der Waals surface area contributed by atoms with Gasteiger partial charge in [0, 0.05) is 25.9 Å². The van der Waals surface area contributed by atoms with E-state index in [1.807, 2.05) is 30.3 Å². The van der Waals surface area contributed by atoms with Crippen molar-refractivity contribution in [2.24, 2.45) is 0 Å². The minimum absolute atomic E-state index is 0.0823. The Balaban J connectivity index is 1.24. The Hall–Kier alpha value is -3.72. The number of oxazole rings is 1. The zero-order chi connectivity index (χ0) is 23.2. The number of aromatic nitrogens is 1. The number of hydrogen-bond donors (Lipinski definition) is 1. The molecule has 1 N–H and O–H groups in total. The van der Waals surface area contributed by atoms with E-state index in [9.17, 15) is 18.8 Å². The van der Waals surface area contributed by atoms with Gasteiger partial charge in [0.25, 0.3) is 11.1 Å². The van der Waals surface area contributed by atoms with Crippen LogP contribution in [0, 0.1) is 5.82 Å². The van der Waals surface area contributed by atoms with Crippen molar-refractivity contribution in [3.8, 4) is 11.3 Å². The van der Waals surface area contributed by atoms with Gasteiger partial charge in [0.05, 0.1) is 16.7 Å². The van der Waals surface area contributed by atoms with Crippen LogP contribution >= 0.6 is 11.8 Å². The molecule has 7 nitrogen and oxygen atoms in total. The second-order valence-electron chi connectivity index (χ2n) is 7.19. The number of nitrogens with zero attached hydrogens (tertiary/aromatic N) is 2. The monoisotopic (exact) mass is 465 g/mol. The number of carbonyl (C=O) groups excluding carboxylic acids is 3. The minimum Gasteiger partial charge on any atom is -0.441 e. The normalized spacial score (nSPS) is 14.8. The van der Waals surface area contributed by atoms with Crippen molar-refractivity contribution < 1.29 is 23.2 Å². The zero-order valence-electron chi connectivity index (χ0n) is 17.5. The number of imide groups is 1. The first kappa shape index (κ1) is 22.5. The summed E-state index contributed by atoms with van der Waals surface area (Å²) in [6, 6.07) is 15.5. The Morgan fingerprint density at radius 2 is 1.88 bits per heavy atom. The van der Waals surface area contributed by atoms with Gasteiger partial charge in [-0.1, -0.05) is 42.5 Å². The topological polar surface area (TPSA) is 92.5 Å². The van der Waals surface area contributed by atoms with Gasteiger partial charge in [-0.3, -0.25) is 19.3 Å². The average Bonchev–Trinajstić information content (AvgIpc) is 3.39. The molecule has 3 amide bonds. The van der Waals surface area contributed by atoms with Gasteiger partial charge in [-0.05, 0) is 35.5 Å². The second kappa shape index (κ2) is 10.3. The smallest absolute Gasteiger partial charge is 0.293 e. The summed E-state index contributed by atoms with van der Waals surface area (Å²) in [6.07, 6.45) is 3.44. The number of nitrogens with one attached hydrogen (secondary N) is 1. The summed E-state index contributed by atoms with van der Waals surface area (Å²) < 4.78 is 19.4. The Bertz CT molecular complexity index is 1210.